The van der Waals surface area contributed by atoms with Crippen LogP contribution in [0.3, 0.4) is 0 Å². The van der Waals surface area contributed by atoms with E-state index in [1.807, 2.05) is 10.8 Å². The number of ether oxygens (including phenoxy) is 1. The molecule has 6 nitrogen and oxygen atoms in total. The first kappa shape index (κ1) is 21.1. The number of benzene rings is 1. The number of imidazole rings is 1. The van der Waals surface area contributed by atoms with E-state index in [0.717, 1.165) is 0 Å². The number of nitrogens with zero attached hydrogens (tertiary/aromatic N) is 3. The van der Waals surface area contributed by atoms with Crippen molar-refractivity contribution in [2.45, 2.75) is 19.5 Å². The van der Waals surface area contributed by atoms with Crippen LogP contribution in [0.2, 0.25) is 0 Å². The summed E-state index contributed by atoms with van der Waals surface area (Å²) in [5.41, 5.74) is 0.382. The van der Waals surface area contributed by atoms with Gasteiger partial charge < -0.3 is 19.9 Å². The molecule has 0 bridgehead atoms. The van der Waals surface area contributed by atoms with Crippen molar-refractivity contribution in [1.29, 1.82) is 0 Å². The van der Waals surface area contributed by atoms with Crippen molar-refractivity contribution in [1.82, 2.24) is 20.2 Å². The predicted octanol–water partition coefficient (Wildman–Crippen LogP) is 2.76. The maximum atomic E-state index is 12.4. The van der Waals surface area contributed by atoms with Crippen LogP contribution in [0.4, 0.5) is 13.2 Å². The second-order valence-corrected chi connectivity index (χ2v) is 4.81. The number of rotatable bonds is 6. The molecule has 0 spiro atoms. The van der Waals surface area contributed by atoms with E-state index >= 15 is 0 Å². The van der Waals surface area contributed by atoms with E-state index in [9.17, 15) is 13.2 Å². The van der Waals surface area contributed by atoms with Gasteiger partial charge in [0.05, 0.1) is 6.33 Å². The van der Waals surface area contributed by atoms with Crippen molar-refractivity contribution >= 4 is 29.9 Å². The molecule has 2 aromatic rings. The van der Waals surface area contributed by atoms with Crippen LogP contribution in [-0.2, 0) is 13.1 Å². The standard InChI is InChI=1S/C15H18F3N5O.HI/c1-19-14(21-7-9-23-8-6-20-11-23)22-10-12-4-2-3-5-13(12)24-15(16,17)18;/h2-6,8,11H,7,9-10H2,1H3,(H2,19,21,22);1H. The monoisotopic (exact) mass is 469 g/mol. The summed E-state index contributed by atoms with van der Waals surface area (Å²) in [6.45, 7) is 1.43. The third kappa shape index (κ3) is 7.63. The second kappa shape index (κ2) is 10.1. The van der Waals surface area contributed by atoms with Gasteiger partial charge in [-0.05, 0) is 6.07 Å². The molecule has 0 fully saturated rings. The Morgan fingerprint density at radius 1 is 1.28 bits per heavy atom. The van der Waals surface area contributed by atoms with Gasteiger partial charge in [-0.3, -0.25) is 4.99 Å². The topological polar surface area (TPSA) is 63.5 Å². The first-order valence-corrected chi connectivity index (χ1v) is 7.22. The van der Waals surface area contributed by atoms with Crippen LogP contribution in [0.5, 0.6) is 5.75 Å². The molecule has 0 aliphatic rings. The summed E-state index contributed by atoms with van der Waals surface area (Å²) in [5, 5.41) is 6.03. The van der Waals surface area contributed by atoms with Gasteiger partial charge in [-0.2, -0.15) is 0 Å². The maximum absolute atomic E-state index is 12.4. The van der Waals surface area contributed by atoms with Crippen molar-refractivity contribution in [2.24, 2.45) is 4.99 Å². The molecule has 10 heteroatoms. The number of halogens is 4. The van der Waals surface area contributed by atoms with E-state index in [0.29, 0.717) is 24.6 Å². The van der Waals surface area contributed by atoms with Gasteiger partial charge in [-0.25, -0.2) is 4.98 Å². The molecule has 0 saturated heterocycles. The Labute approximate surface area is 160 Å². The number of para-hydroxylation sites is 1. The van der Waals surface area contributed by atoms with Crippen molar-refractivity contribution in [3.05, 3.63) is 48.5 Å². The van der Waals surface area contributed by atoms with Gasteiger partial charge in [0.1, 0.15) is 5.75 Å². The number of alkyl halides is 3. The molecule has 0 unspecified atom stereocenters. The van der Waals surface area contributed by atoms with E-state index in [1.54, 1.807) is 31.7 Å². The first-order valence-electron chi connectivity index (χ1n) is 7.22. The number of hydrogen-bond donors (Lipinski definition) is 2. The minimum Gasteiger partial charge on any atom is -0.405 e. The molecule has 0 saturated carbocycles. The Bertz CT molecular complexity index is 661. The van der Waals surface area contributed by atoms with Gasteiger partial charge in [-0.15, -0.1) is 37.1 Å². The molecule has 2 N–H and O–H groups in total. The molecular formula is C15H19F3IN5O. The van der Waals surface area contributed by atoms with E-state index < -0.39 is 6.36 Å². The molecule has 0 aliphatic heterocycles. The van der Waals surface area contributed by atoms with Crippen LogP contribution in [-0.4, -0.2) is 35.5 Å². The lowest BCUT2D eigenvalue weighted by molar-refractivity contribution is -0.274. The molecule has 2 rings (SSSR count). The number of hydrogen-bond acceptors (Lipinski definition) is 3. The second-order valence-electron chi connectivity index (χ2n) is 4.81. The first-order chi connectivity index (χ1) is 11.5. The average molecular weight is 469 g/mol. The predicted molar refractivity (Wildman–Crippen MR) is 99.0 cm³/mol. The Balaban J connectivity index is 0.00000312. The van der Waals surface area contributed by atoms with Crippen LogP contribution < -0.4 is 15.4 Å². The van der Waals surface area contributed by atoms with Gasteiger partial charge in [0.15, 0.2) is 5.96 Å². The zero-order valence-corrected chi connectivity index (χ0v) is 15.8. The SMILES string of the molecule is CN=C(NCCn1ccnc1)NCc1ccccc1OC(F)(F)F.I. The van der Waals surface area contributed by atoms with Gasteiger partial charge in [0.2, 0.25) is 0 Å². The van der Waals surface area contributed by atoms with Crippen LogP contribution in [0.25, 0.3) is 0 Å². The fourth-order valence-corrected chi connectivity index (χ4v) is 2.00. The normalized spacial score (nSPS) is 11.6. The third-order valence-corrected chi connectivity index (χ3v) is 3.09. The highest BCUT2D eigenvalue weighted by molar-refractivity contribution is 14.0. The summed E-state index contributed by atoms with van der Waals surface area (Å²) >= 11 is 0. The number of guanidine groups is 1. The number of aliphatic imine (C=N–C) groups is 1. The van der Waals surface area contributed by atoms with Crippen LogP contribution >= 0.6 is 24.0 Å². The zero-order valence-electron chi connectivity index (χ0n) is 13.5. The van der Waals surface area contributed by atoms with E-state index in [4.69, 9.17) is 0 Å². The Kier molecular flexibility index (Phi) is 8.52. The van der Waals surface area contributed by atoms with E-state index in [2.05, 4.69) is 25.3 Å². The third-order valence-electron chi connectivity index (χ3n) is 3.09. The van der Waals surface area contributed by atoms with Crippen molar-refractivity contribution < 1.29 is 17.9 Å². The van der Waals surface area contributed by atoms with Gasteiger partial charge >= 0.3 is 6.36 Å². The highest BCUT2D eigenvalue weighted by Crippen LogP contribution is 2.25. The minimum absolute atomic E-state index is 0. The summed E-state index contributed by atoms with van der Waals surface area (Å²) in [5.74, 6) is 0.253. The van der Waals surface area contributed by atoms with E-state index in [1.165, 1.54) is 12.1 Å². The minimum atomic E-state index is -4.72. The van der Waals surface area contributed by atoms with Gasteiger partial charge in [-0.1, -0.05) is 18.2 Å². The molecular weight excluding hydrogens is 450 g/mol. The van der Waals surface area contributed by atoms with Gasteiger partial charge in [0.25, 0.3) is 0 Å². The molecule has 1 aromatic heterocycles. The summed E-state index contributed by atoms with van der Waals surface area (Å²) in [6.07, 6.45) is 0.497. The van der Waals surface area contributed by atoms with Crippen LogP contribution in [0, 0.1) is 0 Å². The lowest BCUT2D eigenvalue weighted by Crippen LogP contribution is -2.38. The Hall–Kier alpha value is -1.98. The highest BCUT2D eigenvalue weighted by Gasteiger charge is 2.31. The van der Waals surface area contributed by atoms with Crippen molar-refractivity contribution in [3.63, 3.8) is 0 Å². The molecule has 0 amide bonds. The van der Waals surface area contributed by atoms with Crippen LogP contribution in [0.15, 0.2) is 48.0 Å². The maximum Gasteiger partial charge on any atom is 0.573 e. The molecule has 138 valence electrons. The number of nitrogens with one attached hydrogen (secondary N) is 2. The van der Waals surface area contributed by atoms with Crippen LogP contribution in [0.1, 0.15) is 5.56 Å². The Morgan fingerprint density at radius 2 is 2.04 bits per heavy atom. The Morgan fingerprint density at radius 3 is 2.68 bits per heavy atom. The average Bonchev–Trinajstić information content (AvgIpc) is 3.04. The fraction of sp³-hybridized carbons (Fsp3) is 0.333. The molecule has 1 aromatic carbocycles. The zero-order chi connectivity index (χ0) is 17.4. The summed E-state index contributed by atoms with van der Waals surface area (Å²) in [6, 6.07) is 5.98. The van der Waals surface area contributed by atoms with Crippen molar-refractivity contribution in [2.75, 3.05) is 13.6 Å². The molecule has 25 heavy (non-hydrogen) atoms. The van der Waals surface area contributed by atoms with Gasteiger partial charge in [0, 0.05) is 44.6 Å². The summed E-state index contributed by atoms with van der Waals surface area (Å²) < 4.78 is 43.1. The lowest BCUT2D eigenvalue weighted by atomic mass is 10.2. The molecule has 0 atom stereocenters. The molecule has 1 heterocycles. The number of aromatic nitrogens is 2. The summed E-state index contributed by atoms with van der Waals surface area (Å²) in [7, 11) is 1.59. The van der Waals surface area contributed by atoms with E-state index in [-0.39, 0.29) is 36.3 Å². The fourth-order valence-electron chi connectivity index (χ4n) is 2.00. The lowest BCUT2D eigenvalue weighted by Gasteiger charge is -2.15. The largest absolute Gasteiger partial charge is 0.573 e. The van der Waals surface area contributed by atoms with Crippen molar-refractivity contribution in [3.8, 4) is 5.75 Å². The quantitative estimate of drug-likeness (QED) is 0.388. The smallest absolute Gasteiger partial charge is 0.405 e. The molecule has 0 radical (unpaired) electrons. The highest BCUT2D eigenvalue weighted by atomic mass is 127. The molecule has 0 aliphatic carbocycles. The summed E-state index contributed by atoms with van der Waals surface area (Å²) in [4.78, 5) is 7.97.